The van der Waals surface area contributed by atoms with Crippen LogP contribution in [0.25, 0.3) is 0 Å². The minimum absolute atomic E-state index is 0.514. The highest BCUT2D eigenvalue weighted by Crippen LogP contribution is 2.33. The third-order valence-electron chi connectivity index (χ3n) is 5.99. The van der Waals surface area contributed by atoms with Crippen LogP contribution in [0.5, 0.6) is 0 Å². The van der Waals surface area contributed by atoms with E-state index in [1.54, 1.807) is 0 Å². The van der Waals surface area contributed by atoms with Gasteiger partial charge in [-0.15, -0.1) is 11.8 Å². The van der Waals surface area contributed by atoms with Crippen molar-refractivity contribution in [3.05, 3.63) is 0 Å². The van der Waals surface area contributed by atoms with Crippen molar-refractivity contribution in [2.75, 3.05) is 19.0 Å². The molecule has 11 heteroatoms. The van der Waals surface area contributed by atoms with Gasteiger partial charge in [0.05, 0.1) is 13.2 Å². The first-order valence-electron chi connectivity index (χ1n) is 11.6. The molecule has 6 unspecified atom stereocenters. The molecule has 2 heterocycles. The molecule has 2 fully saturated rings. The molecule has 0 bridgehead atoms. The lowest BCUT2D eigenvalue weighted by Gasteiger charge is -2.46. The number of rotatable bonds is 13. The molecule has 0 radical (unpaired) electrons. The SMILES string of the molecule is CCCCCCCCCS[C@@H]1OC(CO)[C@@H](O[C@H]2OC(CO)[C@@H](O)C(O)C2O)C(O)C1O. The molecule has 0 spiro atoms. The number of hydrogen-bond acceptors (Lipinski definition) is 11. The van der Waals surface area contributed by atoms with Crippen LogP contribution in [0.15, 0.2) is 0 Å². The highest BCUT2D eigenvalue weighted by atomic mass is 32.2. The van der Waals surface area contributed by atoms with E-state index in [-0.39, 0.29) is 0 Å². The Kier molecular flexibility index (Phi) is 12.7. The Labute approximate surface area is 193 Å². The zero-order valence-corrected chi connectivity index (χ0v) is 19.4. The molecular weight excluding hydrogens is 444 g/mol. The molecule has 0 aliphatic carbocycles. The molecule has 190 valence electrons. The molecule has 0 amide bonds. The molecular formula is C21H40O10S. The van der Waals surface area contributed by atoms with Crippen molar-refractivity contribution >= 4 is 11.8 Å². The van der Waals surface area contributed by atoms with Crippen molar-refractivity contribution in [1.29, 1.82) is 0 Å². The first-order chi connectivity index (χ1) is 15.3. The van der Waals surface area contributed by atoms with Gasteiger partial charge in [0, 0.05) is 0 Å². The molecule has 10 atom stereocenters. The van der Waals surface area contributed by atoms with Gasteiger partial charge in [0.2, 0.25) is 0 Å². The monoisotopic (exact) mass is 484 g/mol. The lowest BCUT2D eigenvalue weighted by molar-refractivity contribution is -0.338. The quantitative estimate of drug-likeness (QED) is 0.162. The molecule has 0 aromatic carbocycles. The predicted molar refractivity (Wildman–Crippen MR) is 117 cm³/mol. The topological polar surface area (TPSA) is 169 Å². The van der Waals surface area contributed by atoms with E-state index >= 15 is 0 Å². The third-order valence-corrected chi connectivity index (χ3v) is 7.23. The average Bonchev–Trinajstić information content (AvgIpc) is 2.79. The van der Waals surface area contributed by atoms with Crippen LogP contribution in [0.3, 0.4) is 0 Å². The van der Waals surface area contributed by atoms with Crippen LogP contribution in [-0.2, 0) is 14.2 Å². The molecule has 2 saturated heterocycles. The van der Waals surface area contributed by atoms with Crippen molar-refractivity contribution in [3.63, 3.8) is 0 Å². The standard InChI is InChI=1S/C21H40O10S/c1-2-3-4-5-6-7-8-9-32-21-18(28)16(26)19(13(11-23)30-21)31-20-17(27)15(25)14(24)12(10-22)29-20/h12-28H,2-11H2,1H3/t12?,13?,14-,15?,16?,17?,18?,19-,20-,21+/m1/s1. The predicted octanol–water partition coefficient (Wildman–Crippen LogP) is -0.906. The summed E-state index contributed by atoms with van der Waals surface area (Å²) in [5.41, 5.74) is -0.753. The van der Waals surface area contributed by atoms with Crippen molar-refractivity contribution in [1.82, 2.24) is 0 Å². The van der Waals surface area contributed by atoms with E-state index in [4.69, 9.17) is 14.2 Å². The summed E-state index contributed by atoms with van der Waals surface area (Å²) in [6.45, 7) is 1.04. The summed E-state index contributed by atoms with van der Waals surface area (Å²) in [7, 11) is 0. The Morgan fingerprint density at radius 1 is 0.688 bits per heavy atom. The summed E-state index contributed by atoms with van der Waals surface area (Å²) in [6.07, 6.45) is -4.45. The molecule has 0 saturated carbocycles. The fourth-order valence-corrected chi connectivity index (χ4v) is 5.13. The van der Waals surface area contributed by atoms with Crippen LogP contribution in [0, 0.1) is 0 Å². The minimum atomic E-state index is -1.67. The molecule has 10 nitrogen and oxygen atoms in total. The summed E-state index contributed by atoms with van der Waals surface area (Å²) < 4.78 is 16.6. The number of aliphatic hydroxyl groups excluding tert-OH is 7. The van der Waals surface area contributed by atoms with E-state index in [2.05, 4.69) is 6.92 Å². The summed E-state index contributed by atoms with van der Waals surface area (Å²) in [4.78, 5) is 0. The lowest BCUT2D eigenvalue weighted by atomic mass is 9.97. The van der Waals surface area contributed by atoms with Crippen molar-refractivity contribution in [3.8, 4) is 0 Å². The van der Waals surface area contributed by atoms with E-state index in [0.29, 0.717) is 0 Å². The Morgan fingerprint density at radius 3 is 1.94 bits per heavy atom. The van der Waals surface area contributed by atoms with E-state index in [0.717, 1.165) is 25.0 Å². The molecule has 0 aromatic rings. The average molecular weight is 485 g/mol. The number of unbranched alkanes of at least 4 members (excludes halogenated alkanes) is 6. The van der Waals surface area contributed by atoms with Gasteiger partial charge in [-0.1, -0.05) is 45.4 Å². The Hall–Kier alpha value is -0.0500. The van der Waals surface area contributed by atoms with Gasteiger partial charge in [-0.2, -0.15) is 0 Å². The fourth-order valence-electron chi connectivity index (χ4n) is 3.95. The lowest BCUT2D eigenvalue weighted by Crippen LogP contribution is -2.64. The first-order valence-corrected chi connectivity index (χ1v) is 12.6. The Balaban J connectivity index is 1.86. The van der Waals surface area contributed by atoms with Crippen molar-refractivity contribution in [2.24, 2.45) is 0 Å². The summed E-state index contributed by atoms with van der Waals surface area (Å²) in [5, 5.41) is 70.1. The second-order valence-electron chi connectivity index (χ2n) is 8.50. The van der Waals surface area contributed by atoms with Gasteiger partial charge in [0.25, 0.3) is 0 Å². The van der Waals surface area contributed by atoms with Crippen LogP contribution in [-0.4, -0.2) is 115 Å². The maximum atomic E-state index is 10.6. The van der Waals surface area contributed by atoms with Gasteiger partial charge in [-0.05, 0) is 12.2 Å². The van der Waals surface area contributed by atoms with Gasteiger partial charge < -0.3 is 50.0 Å². The van der Waals surface area contributed by atoms with Crippen LogP contribution in [0.1, 0.15) is 51.9 Å². The number of hydrogen-bond donors (Lipinski definition) is 7. The molecule has 0 aromatic heterocycles. The third kappa shape index (κ3) is 7.47. The smallest absolute Gasteiger partial charge is 0.187 e. The largest absolute Gasteiger partial charge is 0.394 e. The van der Waals surface area contributed by atoms with Crippen LogP contribution in [0.4, 0.5) is 0 Å². The zero-order chi connectivity index (χ0) is 23.7. The Morgan fingerprint density at radius 2 is 1.31 bits per heavy atom. The number of aliphatic hydroxyl groups is 7. The number of ether oxygens (including phenoxy) is 3. The summed E-state index contributed by atoms with van der Waals surface area (Å²) >= 11 is 1.36. The molecule has 7 N–H and O–H groups in total. The van der Waals surface area contributed by atoms with Crippen LogP contribution >= 0.6 is 11.8 Å². The van der Waals surface area contributed by atoms with Gasteiger partial charge in [0.1, 0.15) is 54.3 Å². The highest BCUT2D eigenvalue weighted by Gasteiger charge is 2.50. The van der Waals surface area contributed by atoms with Gasteiger partial charge in [0.15, 0.2) is 6.29 Å². The maximum absolute atomic E-state index is 10.6. The van der Waals surface area contributed by atoms with Gasteiger partial charge in [-0.25, -0.2) is 0 Å². The summed E-state index contributed by atoms with van der Waals surface area (Å²) in [5.74, 6) is 0.735. The highest BCUT2D eigenvalue weighted by molar-refractivity contribution is 7.99. The number of thioether (sulfide) groups is 1. The fraction of sp³-hybridized carbons (Fsp3) is 1.00. The second kappa shape index (κ2) is 14.4. The van der Waals surface area contributed by atoms with E-state index < -0.39 is 73.8 Å². The molecule has 2 aliphatic heterocycles. The van der Waals surface area contributed by atoms with E-state index in [1.165, 1.54) is 37.4 Å². The first kappa shape index (κ1) is 28.2. The summed E-state index contributed by atoms with van der Waals surface area (Å²) in [6, 6.07) is 0. The van der Waals surface area contributed by atoms with Crippen LogP contribution in [0.2, 0.25) is 0 Å². The Bertz CT molecular complexity index is 511. The van der Waals surface area contributed by atoms with Gasteiger partial charge in [-0.3, -0.25) is 0 Å². The second-order valence-corrected chi connectivity index (χ2v) is 9.70. The molecule has 32 heavy (non-hydrogen) atoms. The van der Waals surface area contributed by atoms with E-state index in [9.17, 15) is 35.7 Å². The maximum Gasteiger partial charge on any atom is 0.187 e. The molecule has 2 aliphatic rings. The minimum Gasteiger partial charge on any atom is -0.394 e. The van der Waals surface area contributed by atoms with Crippen LogP contribution < -0.4 is 0 Å². The van der Waals surface area contributed by atoms with E-state index in [1.807, 2.05) is 0 Å². The molecule has 2 rings (SSSR count). The zero-order valence-electron chi connectivity index (χ0n) is 18.6. The van der Waals surface area contributed by atoms with Crippen molar-refractivity contribution in [2.45, 2.75) is 112 Å². The van der Waals surface area contributed by atoms with Crippen molar-refractivity contribution < 1.29 is 50.0 Å². The normalized spacial score (nSPS) is 40.5. The van der Waals surface area contributed by atoms with Gasteiger partial charge >= 0.3 is 0 Å².